The molecule has 0 atom stereocenters. The number of aromatic amines is 1. The molecule has 0 aliphatic heterocycles. The van der Waals surface area contributed by atoms with E-state index < -0.39 is 12.7 Å². The maximum Gasteiger partial charge on any atom is 0.488 e. The van der Waals surface area contributed by atoms with Crippen molar-refractivity contribution in [3.63, 3.8) is 0 Å². The Balaban J connectivity index is 2.67. The molecule has 3 N–H and O–H groups in total. The Morgan fingerprint density at radius 1 is 1.43 bits per heavy atom. The van der Waals surface area contributed by atoms with E-state index in [2.05, 4.69) is 9.97 Å². The van der Waals surface area contributed by atoms with Crippen LogP contribution in [-0.4, -0.2) is 33.4 Å². The van der Waals surface area contributed by atoms with Crippen LogP contribution in [0.15, 0.2) is 28.2 Å². The second kappa shape index (κ2) is 6.14. The van der Waals surface area contributed by atoms with Crippen LogP contribution in [0.5, 0.6) is 0 Å². The monoisotopic (exact) mass is 301 g/mol. The van der Waals surface area contributed by atoms with Gasteiger partial charge in [0.1, 0.15) is 11.6 Å². The van der Waals surface area contributed by atoms with Crippen molar-refractivity contribution < 1.29 is 10.0 Å². The van der Waals surface area contributed by atoms with Crippen molar-refractivity contribution in [3.8, 4) is 17.3 Å². The van der Waals surface area contributed by atoms with Crippen molar-refractivity contribution >= 4 is 24.3 Å². The quantitative estimate of drug-likeness (QED) is 0.419. The van der Waals surface area contributed by atoms with Crippen LogP contribution < -0.4 is 11.0 Å². The van der Waals surface area contributed by atoms with Crippen molar-refractivity contribution in [2.24, 2.45) is 0 Å². The Bertz CT molecular complexity index is 783. The molecule has 8 heteroatoms. The van der Waals surface area contributed by atoms with Crippen molar-refractivity contribution in [1.29, 1.82) is 5.26 Å². The van der Waals surface area contributed by atoms with Gasteiger partial charge in [0, 0.05) is 5.56 Å². The fourth-order valence-electron chi connectivity index (χ4n) is 1.97. The van der Waals surface area contributed by atoms with Crippen LogP contribution in [0.2, 0.25) is 0 Å². The van der Waals surface area contributed by atoms with E-state index in [9.17, 15) is 14.8 Å². The first-order valence-corrected chi connectivity index (χ1v) is 7.26. The molecule has 1 heterocycles. The summed E-state index contributed by atoms with van der Waals surface area (Å²) in [5.41, 5.74) is 1.31. The van der Waals surface area contributed by atoms with Gasteiger partial charge in [-0.15, -0.1) is 0 Å². The molecule has 0 saturated heterocycles. The predicted molar refractivity (Wildman–Crippen MR) is 81.4 cm³/mol. The highest BCUT2D eigenvalue weighted by atomic mass is 32.2. The van der Waals surface area contributed by atoms with Crippen molar-refractivity contribution in [2.45, 2.75) is 12.1 Å². The number of nitrogens with zero attached hydrogens (tertiary/aromatic N) is 2. The summed E-state index contributed by atoms with van der Waals surface area (Å²) in [4.78, 5) is 18.7. The molecule has 0 unspecified atom stereocenters. The van der Waals surface area contributed by atoms with Gasteiger partial charge in [0.25, 0.3) is 5.56 Å². The summed E-state index contributed by atoms with van der Waals surface area (Å²) < 4.78 is 0. The predicted octanol–water partition coefficient (Wildman–Crippen LogP) is 0.0187. The van der Waals surface area contributed by atoms with Gasteiger partial charge in [-0.25, -0.2) is 4.98 Å². The average Bonchev–Trinajstić information content (AvgIpc) is 2.45. The largest absolute Gasteiger partial charge is 0.488 e. The molecule has 6 nitrogen and oxygen atoms in total. The van der Waals surface area contributed by atoms with Gasteiger partial charge in [-0.05, 0) is 18.6 Å². The highest BCUT2D eigenvalue weighted by molar-refractivity contribution is 7.98. The summed E-state index contributed by atoms with van der Waals surface area (Å²) in [5, 5.41) is 28.0. The van der Waals surface area contributed by atoms with Crippen LogP contribution in [0, 0.1) is 18.3 Å². The van der Waals surface area contributed by atoms with Gasteiger partial charge in [-0.2, -0.15) is 5.26 Å². The fraction of sp³-hybridized carbons (Fsp3) is 0.154. The van der Waals surface area contributed by atoms with E-state index in [0.717, 1.165) is 0 Å². The Labute approximate surface area is 125 Å². The molecule has 0 fully saturated rings. The van der Waals surface area contributed by atoms with Crippen LogP contribution in [0.4, 0.5) is 0 Å². The van der Waals surface area contributed by atoms with Gasteiger partial charge in [-0.3, -0.25) is 4.79 Å². The van der Waals surface area contributed by atoms with Crippen LogP contribution in [0.1, 0.15) is 11.1 Å². The Morgan fingerprint density at radius 3 is 2.67 bits per heavy atom. The Morgan fingerprint density at radius 2 is 2.14 bits per heavy atom. The molecule has 0 saturated carbocycles. The number of aryl methyl sites for hydroxylation is 1. The van der Waals surface area contributed by atoms with Gasteiger partial charge in [0.15, 0.2) is 5.16 Å². The molecular formula is C13H12BN3O3S. The molecular weight excluding hydrogens is 289 g/mol. The summed E-state index contributed by atoms with van der Waals surface area (Å²) in [7, 11) is -1.57. The third-order valence-electron chi connectivity index (χ3n) is 3.02. The summed E-state index contributed by atoms with van der Waals surface area (Å²) in [6.07, 6.45) is 1.77. The SMILES string of the molecule is CSc1nc(-c2ccc(B(O)O)c(C)c2)c(C#N)c(=O)[nH]1. The second-order valence-electron chi connectivity index (χ2n) is 4.36. The molecule has 1 aromatic carbocycles. The van der Waals surface area contributed by atoms with Crippen molar-refractivity contribution in [3.05, 3.63) is 39.7 Å². The van der Waals surface area contributed by atoms with Gasteiger partial charge in [-0.1, -0.05) is 35.5 Å². The molecule has 2 rings (SSSR count). The first kappa shape index (κ1) is 15.3. The third kappa shape index (κ3) is 3.00. The lowest BCUT2D eigenvalue weighted by Gasteiger charge is -2.09. The van der Waals surface area contributed by atoms with E-state index >= 15 is 0 Å². The highest BCUT2D eigenvalue weighted by Crippen LogP contribution is 2.21. The lowest BCUT2D eigenvalue weighted by atomic mass is 9.76. The molecule has 0 amide bonds. The van der Waals surface area contributed by atoms with Gasteiger partial charge in [0.05, 0.1) is 5.69 Å². The van der Waals surface area contributed by atoms with E-state index in [1.165, 1.54) is 17.8 Å². The third-order valence-corrected chi connectivity index (χ3v) is 3.60. The zero-order chi connectivity index (χ0) is 15.6. The molecule has 0 spiro atoms. The number of benzene rings is 1. The molecule has 21 heavy (non-hydrogen) atoms. The van der Waals surface area contributed by atoms with Crippen LogP contribution in [-0.2, 0) is 0 Å². The maximum atomic E-state index is 11.9. The van der Waals surface area contributed by atoms with E-state index in [0.29, 0.717) is 21.7 Å². The van der Waals surface area contributed by atoms with E-state index in [-0.39, 0.29) is 11.3 Å². The molecule has 0 radical (unpaired) electrons. The topological polar surface area (TPSA) is 110 Å². The molecule has 0 aliphatic carbocycles. The number of nitrogens with one attached hydrogen (secondary N) is 1. The Kier molecular flexibility index (Phi) is 4.48. The number of thioether (sulfide) groups is 1. The number of nitriles is 1. The average molecular weight is 301 g/mol. The summed E-state index contributed by atoms with van der Waals surface area (Å²) in [5.74, 6) is 0. The number of hydrogen-bond acceptors (Lipinski definition) is 6. The number of hydrogen-bond donors (Lipinski definition) is 3. The first-order chi connectivity index (χ1) is 9.97. The van der Waals surface area contributed by atoms with E-state index in [1.54, 1.807) is 25.3 Å². The first-order valence-electron chi connectivity index (χ1n) is 6.03. The summed E-state index contributed by atoms with van der Waals surface area (Å²) in [6, 6.07) is 6.67. The number of aromatic nitrogens is 2. The molecule has 0 aliphatic rings. The Hall–Kier alpha value is -2.08. The van der Waals surface area contributed by atoms with Crippen LogP contribution in [0.25, 0.3) is 11.3 Å². The number of rotatable bonds is 3. The van der Waals surface area contributed by atoms with E-state index in [1.807, 2.05) is 6.07 Å². The van der Waals surface area contributed by atoms with Crippen LogP contribution in [0.3, 0.4) is 0 Å². The van der Waals surface area contributed by atoms with Gasteiger partial charge < -0.3 is 15.0 Å². The zero-order valence-electron chi connectivity index (χ0n) is 11.4. The molecule has 106 valence electrons. The molecule has 0 bridgehead atoms. The van der Waals surface area contributed by atoms with Crippen molar-refractivity contribution in [2.75, 3.05) is 6.26 Å². The second-order valence-corrected chi connectivity index (χ2v) is 5.15. The highest BCUT2D eigenvalue weighted by Gasteiger charge is 2.17. The van der Waals surface area contributed by atoms with Gasteiger partial charge >= 0.3 is 7.12 Å². The molecule has 1 aromatic heterocycles. The van der Waals surface area contributed by atoms with Gasteiger partial charge in [0.2, 0.25) is 0 Å². The normalized spacial score (nSPS) is 10.2. The minimum atomic E-state index is -1.57. The number of H-pyrrole nitrogens is 1. The minimum Gasteiger partial charge on any atom is -0.423 e. The lowest BCUT2D eigenvalue weighted by molar-refractivity contribution is 0.425. The molecule has 2 aromatic rings. The lowest BCUT2D eigenvalue weighted by Crippen LogP contribution is -2.32. The maximum absolute atomic E-state index is 11.9. The van der Waals surface area contributed by atoms with E-state index in [4.69, 9.17) is 5.26 Å². The summed E-state index contributed by atoms with van der Waals surface area (Å²) in [6.45, 7) is 1.72. The van der Waals surface area contributed by atoms with Crippen LogP contribution >= 0.6 is 11.8 Å². The summed E-state index contributed by atoms with van der Waals surface area (Å²) >= 11 is 1.27. The smallest absolute Gasteiger partial charge is 0.423 e. The minimum absolute atomic E-state index is 0.0653. The fourth-order valence-corrected chi connectivity index (χ4v) is 2.35. The standard InChI is InChI=1S/C13H12BN3O3S/c1-7-5-8(3-4-10(7)14(19)20)11-9(6-15)12(18)17-13(16-11)21-2/h3-5,19-20H,1-2H3,(H,16,17,18). The van der Waals surface area contributed by atoms with Crippen molar-refractivity contribution in [1.82, 2.24) is 9.97 Å². The zero-order valence-corrected chi connectivity index (χ0v) is 12.2.